The number of hydrogen-bond donors (Lipinski definition) is 2. The fourth-order valence-electron chi connectivity index (χ4n) is 3.57. The van der Waals surface area contributed by atoms with Gasteiger partial charge in [-0.15, -0.1) is 11.3 Å². The third-order valence-corrected chi connectivity index (χ3v) is 5.89. The summed E-state index contributed by atoms with van der Waals surface area (Å²) in [4.78, 5) is 12.7. The average molecular weight is 368 g/mol. The van der Waals surface area contributed by atoms with E-state index in [1.165, 1.54) is 21.5 Å². The van der Waals surface area contributed by atoms with Crippen molar-refractivity contribution in [1.82, 2.24) is 15.2 Å². The summed E-state index contributed by atoms with van der Waals surface area (Å²) in [6.07, 6.45) is 3.10. The van der Waals surface area contributed by atoms with Gasteiger partial charge in [0.1, 0.15) is 0 Å². The number of aliphatic imine (C=N–C) groups is 1. The highest BCUT2D eigenvalue weighted by molar-refractivity contribution is 7.14. The van der Waals surface area contributed by atoms with Crippen LogP contribution in [0.4, 0.5) is 5.00 Å². The molecule has 3 heterocycles. The van der Waals surface area contributed by atoms with Gasteiger partial charge >= 0.3 is 0 Å². The van der Waals surface area contributed by atoms with Crippen LogP contribution in [0.15, 0.2) is 53.0 Å². The highest BCUT2D eigenvalue weighted by atomic mass is 32.1. The lowest BCUT2D eigenvalue weighted by atomic mass is 10.1. The third kappa shape index (κ3) is 3.55. The normalized spacial score (nSPS) is 15.7. The van der Waals surface area contributed by atoms with Gasteiger partial charge in [-0.2, -0.15) is 0 Å². The maximum atomic E-state index is 4.49. The summed E-state index contributed by atoms with van der Waals surface area (Å²) in [7, 11) is 1.87. The molecule has 0 spiro atoms. The van der Waals surface area contributed by atoms with E-state index in [4.69, 9.17) is 0 Å². The monoisotopic (exact) mass is 367 g/mol. The van der Waals surface area contributed by atoms with Crippen molar-refractivity contribution < 1.29 is 0 Å². The Morgan fingerprint density at radius 2 is 2.00 bits per heavy atom. The van der Waals surface area contributed by atoms with E-state index in [-0.39, 0.29) is 0 Å². The van der Waals surface area contributed by atoms with E-state index in [9.17, 15) is 0 Å². The Morgan fingerprint density at radius 3 is 2.77 bits per heavy atom. The van der Waals surface area contributed by atoms with Crippen molar-refractivity contribution >= 4 is 33.2 Å². The topological polar surface area (TPSA) is 46.7 Å². The summed E-state index contributed by atoms with van der Waals surface area (Å²) in [6.45, 7) is 4.99. The molecule has 1 aromatic carbocycles. The molecule has 26 heavy (non-hydrogen) atoms. The lowest BCUT2D eigenvalue weighted by molar-refractivity contribution is 0.374. The fraction of sp³-hybridized carbons (Fsp3) is 0.350. The Balaban J connectivity index is 1.30. The molecule has 0 saturated carbocycles. The van der Waals surface area contributed by atoms with Crippen LogP contribution < -0.4 is 10.2 Å². The molecule has 1 fully saturated rings. The number of guanidine groups is 1. The second-order valence-electron chi connectivity index (χ2n) is 6.51. The third-order valence-electron chi connectivity index (χ3n) is 4.96. The summed E-state index contributed by atoms with van der Waals surface area (Å²) in [5, 5.41) is 8.36. The summed E-state index contributed by atoms with van der Waals surface area (Å²) in [5.74, 6) is 1.01. The minimum atomic E-state index is 0.889. The quantitative estimate of drug-likeness (QED) is 0.550. The SMILES string of the molecule is CN=C(NCCc1c[nH]c2ccccc12)N1CCN(c2cccs2)CC1. The smallest absolute Gasteiger partial charge is 0.193 e. The van der Waals surface area contributed by atoms with Gasteiger partial charge in [-0.25, -0.2) is 0 Å². The summed E-state index contributed by atoms with van der Waals surface area (Å²) < 4.78 is 0. The summed E-state index contributed by atoms with van der Waals surface area (Å²) >= 11 is 1.82. The number of aromatic nitrogens is 1. The number of piperazine rings is 1. The second kappa shape index (κ2) is 7.83. The van der Waals surface area contributed by atoms with Crippen molar-refractivity contribution in [2.75, 3.05) is 44.7 Å². The fourth-order valence-corrected chi connectivity index (χ4v) is 4.35. The molecule has 2 aromatic heterocycles. The first-order valence-corrected chi connectivity index (χ1v) is 10.0. The maximum Gasteiger partial charge on any atom is 0.193 e. The predicted octanol–water partition coefficient (Wildman–Crippen LogP) is 3.17. The van der Waals surface area contributed by atoms with Crippen LogP contribution in [-0.2, 0) is 6.42 Å². The van der Waals surface area contributed by atoms with Crippen molar-refractivity contribution in [3.8, 4) is 0 Å². The zero-order valence-corrected chi connectivity index (χ0v) is 15.9. The van der Waals surface area contributed by atoms with Crippen molar-refractivity contribution in [1.29, 1.82) is 0 Å². The molecule has 1 saturated heterocycles. The van der Waals surface area contributed by atoms with Crippen LogP contribution in [0, 0.1) is 0 Å². The summed E-state index contributed by atoms with van der Waals surface area (Å²) in [6, 6.07) is 12.8. The molecule has 5 nitrogen and oxygen atoms in total. The van der Waals surface area contributed by atoms with Crippen LogP contribution in [0.2, 0.25) is 0 Å². The molecule has 1 aliphatic heterocycles. The molecule has 0 unspecified atom stereocenters. The van der Waals surface area contributed by atoms with Gasteiger partial charge in [0.15, 0.2) is 5.96 Å². The Labute approximate surface area is 158 Å². The van der Waals surface area contributed by atoms with Crippen molar-refractivity contribution in [2.45, 2.75) is 6.42 Å². The Morgan fingerprint density at radius 1 is 1.15 bits per heavy atom. The number of rotatable bonds is 4. The highest BCUT2D eigenvalue weighted by Gasteiger charge is 2.20. The van der Waals surface area contributed by atoms with Gasteiger partial charge in [0.2, 0.25) is 0 Å². The van der Waals surface area contributed by atoms with Gasteiger partial charge in [0.25, 0.3) is 0 Å². The number of thiophene rings is 1. The van der Waals surface area contributed by atoms with E-state index in [2.05, 4.69) is 73.1 Å². The average Bonchev–Trinajstić information content (AvgIpc) is 3.36. The number of nitrogens with one attached hydrogen (secondary N) is 2. The van der Waals surface area contributed by atoms with Crippen molar-refractivity contribution in [3.63, 3.8) is 0 Å². The lowest BCUT2D eigenvalue weighted by Crippen LogP contribution is -2.52. The number of fused-ring (bicyclic) bond motifs is 1. The van der Waals surface area contributed by atoms with Crippen molar-refractivity contribution in [2.24, 2.45) is 4.99 Å². The van der Waals surface area contributed by atoms with Crippen molar-refractivity contribution in [3.05, 3.63) is 53.5 Å². The molecule has 0 aliphatic carbocycles. The molecular formula is C20H25N5S. The number of H-pyrrole nitrogens is 1. The largest absolute Gasteiger partial charge is 0.361 e. The Kier molecular flexibility index (Phi) is 5.11. The molecule has 2 N–H and O–H groups in total. The van der Waals surface area contributed by atoms with Crippen LogP contribution in [0.1, 0.15) is 5.56 Å². The van der Waals surface area contributed by atoms with Crippen LogP contribution >= 0.6 is 11.3 Å². The van der Waals surface area contributed by atoms with Gasteiger partial charge in [0, 0.05) is 56.9 Å². The molecule has 6 heteroatoms. The van der Waals surface area contributed by atoms with Gasteiger partial charge in [-0.1, -0.05) is 18.2 Å². The number of anilines is 1. The molecular weight excluding hydrogens is 342 g/mol. The van der Waals surface area contributed by atoms with Gasteiger partial charge < -0.3 is 20.1 Å². The van der Waals surface area contributed by atoms with E-state index in [0.29, 0.717) is 0 Å². The lowest BCUT2D eigenvalue weighted by Gasteiger charge is -2.37. The molecule has 136 valence electrons. The van der Waals surface area contributed by atoms with E-state index >= 15 is 0 Å². The maximum absolute atomic E-state index is 4.49. The number of para-hydroxylation sites is 1. The van der Waals surface area contributed by atoms with Gasteiger partial charge in [-0.05, 0) is 35.6 Å². The van der Waals surface area contributed by atoms with Crippen LogP contribution in [-0.4, -0.2) is 55.6 Å². The van der Waals surface area contributed by atoms with Crippen LogP contribution in [0.25, 0.3) is 10.9 Å². The van der Waals surface area contributed by atoms with E-state index in [0.717, 1.165) is 45.1 Å². The standard InChI is InChI=1S/C20H25N5S/c1-21-20(25-12-10-24(11-13-25)19-7-4-14-26-19)22-9-8-16-15-23-18-6-3-2-5-17(16)18/h2-7,14-15,23H,8-13H2,1H3,(H,21,22). The molecule has 0 amide bonds. The van der Waals surface area contributed by atoms with Gasteiger partial charge in [-0.3, -0.25) is 4.99 Å². The molecule has 0 atom stereocenters. The number of hydrogen-bond acceptors (Lipinski definition) is 3. The zero-order chi connectivity index (χ0) is 17.8. The molecule has 0 bridgehead atoms. The van der Waals surface area contributed by atoms with Crippen LogP contribution in [0.3, 0.4) is 0 Å². The van der Waals surface area contributed by atoms with Gasteiger partial charge in [0.05, 0.1) is 5.00 Å². The van der Waals surface area contributed by atoms with Crippen LogP contribution in [0.5, 0.6) is 0 Å². The molecule has 3 aromatic rings. The first-order chi connectivity index (χ1) is 12.8. The Hall–Kier alpha value is -2.47. The predicted molar refractivity (Wildman–Crippen MR) is 111 cm³/mol. The second-order valence-corrected chi connectivity index (χ2v) is 7.44. The Bertz CT molecular complexity index is 859. The first kappa shape index (κ1) is 17.0. The molecule has 0 radical (unpaired) electrons. The number of nitrogens with zero attached hydrogens (tertiary/aromatic N) is 3. The molecule has 1 aliphatic rings. The zero-order valence-electron chi connectivity index (χ0n) is 15.1. The minimum absolute atomic E-state index is 0.889. The number of benzene rings is 1. The van der Waals surface area contributed by atoms with E-state index in [1.807, 2.05) is 18.4 Å². The van der Waals surface area contributed by atoms with E-state index in [1.54, 1.807) is 0 Å². The minimum Gasteiger partial charge on any atom is -0.361 e. The summed E-state index contributed by atoms with van der Waals surface area (Å²) in [5.41, 5.74) is 2.56. The first-order valence-electron chi connectivity index (χ1n) is 9.14. The number of aromatic amines is 1. The highest BCUT2D eigenvalue weighted by Crippen LogP contribution is 2.22. The van der Waals surface area contributed by atoms with E-state index < -0.39 is 0 Å². The molecule has 4 rings (SSSR count).